The standard InChI is InChI=1S/C21H26N4O4S/c1-4-14-5-7-21(8-6-14)18(27)25(20(28)24-21)10-17(26)23-19-22-16(11-30-19)15-9-12(2)29-13(15)3/h9,11,14H,4-8,10H2,1-3H3,(H,24,28)(H,22,23,26). The zero-order valence-corrected chi connectivity index (χ0v) is 18.2. The first-order valence-corrected chi connectivity index (χ1v) is 11.2. The molecule has 0 atom stereocenters. The van der Waals surface area contributed by atoms with Crippen LogP contribution in [0.5, 0.6) is 0 Å². The summed E-state index contributed by atoms with van der Waals surface area (Å²) in [7, 11) is 0. The maximum Gasteiger partial charge on any atom is 0.325 e. The minimum Gasteiger partial charge on any atom is -0.466 e. The van der Waals surface area contributed by atoms with Gasteiger partial charge in [-0.1, -0.05) is 13.3 Å². The Morgan fingerprint density at radius 3 is 2.73 bits per heavy atom. The maximum atomic E-state index is 12.9. The molecule has 0 radical (unpaired) electrons. The monoisotopic (exact) mass is 430 g/mol. The fraction of sp³-hybridized carbons (Fsp3) is 0.524. The first-order chi connectivity index (χ1) is 14.3. The quantitative estimate of drug-likeness (QED) is 0.701. The Balaban J connectivity index is 1.39. The largest absolute Gasteiger partial charge is 0.466 e. The van der Waals surface area contributed by atoms with Crippen LogP contribution < -0.4 is 10.6 Å². The van der Waals surface area contributed by atoms with Crippen molar-refractivity contribution >= 4 is 34.3 Å². The Hall–Kier alpha value is -2.68. The summed E-state index contributed by atoms with van der Waals surface area (Å²) in [5.74, 6) is 1.42. The van der Waals surface area contributed by atoms with Crippen LogP contribution in [-0.2, 0) is 9.59 Å². The third-order valence-corrected chi connectivity index (χ3v) is 6.91. The Kier molecular flexibility index (Phi) is 5.40. The van der Waals surface area contributed by atoms with Gasteiger partial charge in [-0.05, 0) is 51.5 Å². The molecule has 2 N–H and O–H groups in total. The van der Waals surface area contributed by atoms with Crippen LogP contribution >= 0.6 is 11.3 Å². The lowest BCUT2D eigenvalue weighted by Crippen LogP contribution is -2.49. The summed E-state index contributed by atoms with van der Waals surface area (Å²) in [5, 5.41) is 7.80. The summed E-state index contributed by atoms with van der Waals surface area (Å²) < 4.78 is 5.53. The number of nitrogens with zero attached hydrogens (tertiary/aromatic N) is 2. The lowest BCUT2D eigenvalue weighted by molar-refractivity contribution is -0.135. The number of hydrogen-bond acceptors (Lipinski definition) is 6. The molecule has 2 fully saturated rings. The number of aryl methyl sites for hydroxylation is 2. The molecule has 1 aliphatic heterocycles. The summed E-state index contributed by atoms with van der Waals surface area (Å²) in [4.78, 5) is 43.3. The van der Waals surface area contributed by atoms with Crippen LogP contribution in [0.2, 0.25) is 0 Å². The molecule has 4 amide bonds. The van der Waals surface area contributed by atoms with Crippen molar-refractivity contribution in [3.8, 4) is 11.3 Å². The van der Waals surface area contributed by atoms with Crippen LogP contribution in [0.1, 0.15) is 50.5 Å². The molecule has 3 heterocycles. The van der Waals surface area contributed by atoms with Gasteiger partial charge in [-0.2, -0.15) is 0 Å². The predicted molar refractivity (Wildman–Crippen MR) is 113 cm³/mol. The second-order valence-electron chi connectivity index (χ2n) is 8.17. The van der Waals surface area contributed by atoms with Gasteiger partial charge < -0.3 is 15.1 Å². The highest BCUT2D eigenvalue weighted by molar-refractivity contribution is 7.14. The van der Waals surface area contributed by atoms with E-state index in [2.05, 4.69) is 22.5 Å². The van der Waals surface area contributed by atoms with Crippen molar-refractivity contribution < 1.29 is 18.8 Å². The van der Waals surface area contributed by atoms with E-state index in [1.807, 2.05) is 25.3 Å². The second kappa shape index (κ2) is 7.86. The van der Waals surface area contributed by atoms with Gasteiger partial charge in [0.15, 0.2) is 5.13 Å². The molecule has 30 heavy (non-hydrogen) atoms. The van der Waals surface area contributed by atoms with Crippen LogP contribution in [0, 0.1) is 19.8 Å². The van der Waals surface area contributed by atoms with Gasteiger partial charge in [0, 0.05) is 10.9 Å². The Morgan fingerprint density at radius 1 is 1.37 bits per heavy atom. The minimum absolute atomic E-state index is 0.290. The number of carbonyl (C=O) groups is 3. The van der Waals surface area contributed by atoms with Crippen molar-refractivity contribution in [1.29, 1.82) is 0 Å². The molecule has 0 bridgehead atoms. The lowest BCUT2D eigenvalue weighted by Gasteiger charge is -2.34. The average Bonchev–Trinajstić information content (AvgIpc) is 3.36. The third-order valence-electron chi connectivity index (χ3n) is 6.15. The number of carbonyl (C=O) groups excluding carboxylic acids is 3. The van der Waals surface area contributed by atoms with E-state index in [-0.39, 0.29) is 12.5 Å². The summed E-state index contributed by atoms with van der Waals surface area (Å²) in [6.45, 7) is 5.56. The van der Waals surface area contributed by atoms with E-state index < -0.39 is 17.5 Å². The molecule has 1 spiro atoms. The van der Waals surface area contributed by atoms with Crippen LogP contribution in [0.3, 0.4) is 0 Å². The van der Waals surface area contributed by atoms with Crippen molar-refractivity contribution in [3.63, 3.8) is 0 Å². The second-order valence-corrected chi connectivity index (χ2v) is 9.03. The molecule has 1 saturated heterocycles. The third kappa shape index (κ3) is 3.74. The summed E-state index contributed by atoms with van der Waals surface area (Å²) in [6, 6.07) is 1.41. The highest BCUT2D eigenvalue weighted by atomic mass is 32.1. The predicted octanol–water partition coefficient (Wildman–Crippen LogP) is 3.85. The van der Waals surface area contributed by atoms with Crippen LogP contribution in [-0.4, -0.2) is 39.8 Å². The molecule has 4 rings (SSSR count). The molecule has 2 aromatic rings. The zero-order valence-electron chi connectivity index (χ0n) is 17.4. The van der Waals surface area contributed by atoms with Gasteiger partial charge in [-0.3, -0.25) is 14.5 Å². The topological polar surface area (TPSA) is 105 Å². The van der Waals surface area contributed by atoms with Crippen molar-refractivity contribution in [3.05, 3.63) is 23.0 Å². The normalized spacial score (nSPS) is 23.8. The Bertz CT molecular complexity index is 987. The zero-order chi connectivity index (χ0) is 21.5. The van der Waals surface area contributed by atoms with Gasteiger partial charge in [0.2, 0.25) is 5.91 Å². The molecule has 0 unspecified atom stereocenters. The van der Waals surface area contributed by atoms with E-state index in [9.17, 15) is 14.4 Å². The smallest absolute Gasteiger partial charge is 0.325 e. The highest BCUT2D eigenvalue weighted by Gasteiger charge is 2.52. The average molecular weight is 431 g/mol. The molecular weight excluding hydrogens is 404 g/mol. The number of aromatic nitrogens is 1. The fourth-order valence-corrected chi connectivity index (χ4v) is 5.11. The molecule has 1 saturated carbocycles. The summed E-state index contributed by atoms with van der Waals surface area (Å²) in [5.41, 5.74) is 0.753. The molecule has 2 aliphatic rings. The minimum atomic E-state index is -0.839. The Labute approximate surface area is 179 Å². The summed E-state index contributed by atoms with van der Waals surface area (Å²) >= 11 is 1.29. The maximum absolute atomic E-state index is 12.9. The van der Waals surface area contributed by atoms with Gasteiger partial charge in [-0.15, -0.1) is 11.3 Å². The van der Waals surface area contributed by atoms with Crippen LogP contribution in [0.15, 0.2) is 15.9 Å². The molecule has 9 heteroatoms. The Morgan fingerprint density at radius 2 is 2.10 bits per heavy atom. The fourth-order valence-electron chi connectivity index (χ4n) is 4.38. The number of rotatable bonds is 5. The van der Waals surface area contributed by atoms with E-state index in [1.54, 1.807) is 0 Å². The van der Waals surface area contributed by atoms with Gasteiger partial charge in [-0.25, -0.2) is 9.78 Å². The first kappa shape index (κ1) is 20.6. The van der Waals surface area contributed by atoms with Crippen molar-refractivity contribution in [2.24, 2.45) is 5.92 Å². The number of thiazole rings is 1. The number of urea groups is 1. The van der Waals surface area contributed by atoms with E-state index in [4.69, 9.17) is 4.42 Å². The molecule has 0 aromatic carbocycles. The summed E-state index contributed by atoms with van der Waals surface area (Å²) in [6.07, 6.45) is 4.17. The van der Waals surface area contributed by atoms with Gasteiger partial charge in [0.1, 0.15) is 23.6 Å². The van der Waals surface area contributed by atoms with E-state index in [0.29, 0.717) is 29.6 Å². The molecular formula is C21H26N4O4S. The van der Waals surface area contributed by atoms with Gasteiger partial charge in [0.05, 0.1) is 5.69 Å². The van der Waals surface area contributed by atoms with E-state index in [1.165, 1.54) is 11.3 Å². The molecule has 160 valence electrons. The first-order valence-electron chi connectivity index (χ1n) is 10.3. The SMILES string of the molecule is CCC1CCC2(CC1)NC(=O)N(CC(=O)Nc1nc(-c3cc(C)oc3C)cs1)C2=O. The molecule has 1 aliphatic carbocycles. The number of imide groups is 1. The van der Waals surface area contributed by atoms with E-state index >= 15 is 0 Å². The van der Waals surface area contributed by atoms with Crippen LogP contribution in [0.4, 0.5) is 9.93 Å². The number of furan rings is 1. The van der Waals surface area contributed by atoms with Crippen molar-refractivity contribution in [2.75, 3.05) is 11.9 Å². The number of nitrogens with one attached hydrogen (secondary N) is 2. The molecule has 2 aromatic heterocycles. The number of amides is 4. The molecule has 8 nitrogen and oxygen atoms in total. The van der Waals surface area contributed by atoms with Gasteiger partial charge in [0.25, 0.3) is 5.91 Å². The van der Waals surface area contributed by atoms with Crippen molar-refractivity contribution in [2.45, 2.75) is 58.4 Å². The van der Waals surface area contributed by atoms with E-state index in [0.717, 1.165) is 41.2 Å². The van der Waals surface area contributed by atoms with Gasteiger partial charge >= 0.3 is 6.03 Å². The number of anilines is 1. The van der Waals surface area contributed by atoms with Crippen LogP contribution in [0.25, 0.3) is 11.3 Å². The lowest BCUT2D eigenvalue weighted by atomic mass is 9.75. The highest BCUT2D eigenvalue weighted by Crippen LogP contribution is 2.37. The van der Waals surface area contributed by atoms with Crippen molar-refractivity contribution in [1.82, 2.24) is 15.2 Å². The number of hydrogen-bond donors (Lipinski definition) is 2.